The Hall–Kier alpha value is -1.99. The van der Waals surface area contributed by atoms with E-state index in [-0.39, 0.29) is 23.7 Å². The summed E-state index contributed by atoms with van der Waals surface area (Å²) in [6.07, 6.45) is -4.38. The molecular weight excluding hydrogens is 249 g/mol. The summed E-state index contributed by atoms with van der Waals surface area (Å²) >= 11 is 0. The summed E-state index contributed by atoms with van der Waals surface area (Å²) in [5, 5.41) is 0. The molecule has 1 aromatic heterocycles. The normalized spacial score (nSPS) is 11.3. The Morgan fingerprint density at radius 3 is 2.50 bits per heavy atom. The van der Waals surface area contributed by atoms with Gasteiger partial charge in [-0.1, -0.05) is 0 Å². The molecular formula is C10H13F3N4O. The van der Waals surface area contributed by atoms with Gasteiger partial charge in [0.15, 0.2) is 5.82 Å². The Bertz CT molecular complexity index is 447. The summed E-state index contributed by atoms with van der Waals surface area (Å²) in [5.41, 5.74) is 10.5. The first kappa shape index (κ1) is 14.1. The number of hydrogen-bond acceptors (Lipinski definition) is 4. The van der Waals surface area contributed by atoms with Gasteiger partial charge in [-0.25, -0.2) is 4.98 Å². The zero-order chi connectivity index (χ0) is 13.9. The molecule has 0 atom stereocenters. The van der Waals surface area contributed by atoms with Crippen LogP contribution >= 0.6 is 0 Å². The van der Waals surface area contributed by atoms with E-state index >= 15 is 0 Å². The van der Waals surface area contributed by atoms with Crippen molar-refractivity contribution in [2.75, 3.05) is 23.7 Å². The summed E-state index contributed by atoms with van der Waals surface area (Å²) in [5.74, 6) is -0.912. The molecule has 0 aliphatic rings. The minimum atomic E-state index is -4.38. The topological polar surface area (TPSA) is 85.2 Å². The molecule has 1 heterocycles. The van der Waals surface area contributed by atoms with Gasteiger partial charge < -0.3 is 16.4 Å². The van der Waals surface area contributed by atoms with Gasteiger partial charge in [-0.3, -0.25) is 4.79 Å². The number of rotatable bonds is 4. The molecule has 1 rings (SSSR count). The highest BCUT2D eigenvalue weighted by molar-refractivity contribution is 5.91. The molecule has 0 aromatic carbocycles. The van der Waals surface area contributed by atoms with Crippen LogP contribution in [0, 0.1) is 0 Å². The molecule has 1 amide bonds. The molecule has 100 valence electrons. The van der Waals surface area contributed by atoms with E-state index in [4.69, 9.17) is 11.5 Å². The van der Waals surface area contributed by atoms with E-state index < -0.39 is 18.6 Å². The second-order valence-electron chi connectivity index (χ2n) is 3.60. The average molecular weight is 262 g/mol. The number of halogens is 3. The van der Waals surface area contributed by atoms with Crippen LogP contribution in [0.3, 0.4) is 0 Å². The third kappa shape index (κ3) is 3.51. The molecule has 8 heteroatoms. The highest BCUT2D eigenvalue weighted by atomic mass is 19.4. The standard InChI is InChI=1S/C10H13F3N4O/c1-2-17(5-10(11,12)13)9-6(14)3-4-7(16-9)8(15)18/h3-4H,2,5,14H2,1H3,(H2,15,18). The highest BCUT2D eigenvalue weighted by Crippen LogP contribution is 2.25. The molecule has 0 bridgehead atoms. The number of alkyl halides is 3. The van der Waals surface area contributed by atoms with E-state index in [0.717, 1.165) is 4.90 Å². The number of aromatic nitrogens is 1. The SMILES string of the molecule is CCN(CC(F)(F)F)c1nc(C(N)=O)ccc1N. The predicted molar refractivity (Wildman–Crippen MR) is 61.1 cm³/mol. The number of amides is 1. The minimum Gasteiger partial charge on any atom is -0.396 e. The molecule has 0 radical (unpaired) electrons. The van der Waals surface area contributed by atoms with Crippen LogP contribution in [0.1, 0.15) is 17.4 Å². The van der Waals surface area contributed by atoms with Crippen LogP contribution in [0.5, 0.6) is 0 Å². The number of carbonyl (C=O) groups is 1. The summed E-state index contributed by atoms with van der Waals surface area (Å²) in [4.78, 5) is 15.6. The van der Waals surface area contributed by atoms with Gasteiger partial charge in [-0.05, 0) is 19.1 Å². The molecule has 0 fully saturated rings. The van der Waals surface area contributed by atoms with E-state index in [2.05, 4.69) is 4.98 Å². The second kappa shape index (κ2) is 5.11. The molecule has 5 nitrogen and oxygen atoms in total. The van der Waals surface area contributed by atoms with Gasteiger partial charge >= 0.3 is 6.18 Å². The molecule has 1 aromatic rings. The highest BCUT2D eigenvalue weighted by Gasteiger charge is 2.31. The van der Waals surface area contributed by atoms with Crippen LogP contribution in [0.15, 0.2) is 12.1 Å². The van der Waals surface area contributed by atoms with Gasteiger partial charge in [0.25, 0.3) is 5.91 Å². The van der Waals surface area contributed by atoms with Crippen molar-refractivity contribution in [2.24, 2.45) is 5.73 Å². The first-order valence-corrected chi connectivity index (χ1v) is 5.12. The van der Waals surface area contributed by atoms with Gasteiger partial charge in [-0.15, -0.1) is 0 Å². The van der Waals surface area contributed by atoms with Crippen LogP contribution in [-0.4, -0.2) is 30.2 Å². The zero-order valence-corrected chi connectivity index (χ0v) is 9.66. The smallest absolute Gasteiger partial charge is 0.396 e. The third-order valence-corrected chi connectivity index (χ3v) is 2.21. The molecule has 0 spiro atoms. The molecule has 18 heavy (non-hydrogen) atoms. The monoisotopic (exact) mass is 262 g/mol. The van der Waals surface area contributed by atoms with Crippen molar-refractivity contribution < 1.29 is 18.0 Å². The maximum Gasteiger partial charge on any atom is 0.405 e. The number of nitrogen functional groups attached to an aromatic ring is 1. The van der Waals surface area contributed by atoms with E-state index in [1.54, 1.807) is 0 Å². The first-order valence-electron chi connectivity index (χ1n) is 5.12. The fraction of sp³-hybridized carbons (Fsp3) is 0.400. The lowest BCUT2D eigenvalue weighted by molar-refractivity contribution is -0.119. The Kier molecular flexibility index (Phi) is 4.00. The number of pyridine rings is 1. The first-order chi connectivity index (χ1) is 8.24. The average Bonchev–Trinajstić information content (AvgIpc) is 2.25. The maximum atomic E-state index is 12.4. The van der Waals surface area contributed by atoms with Crippen molar-refractivity contribution in [3.05, 3.63) is 17.8 Å². The van der Waals surface area contributed by atoms with Crippen LogP contribution < -0.4 is 16.4 Å². The van der Waals surface area contributed by atoms with Crippen LogP contribution in [0.25, 0.3) is 0 Å². The molecule has 0 unspecified atom stereocenters. The molecule has 0 saturated carbocycles. The number of carbonyl (C=O) groups excluding carboxylic acids is 1. The van der Waals surface area contributed by atoms with Crippen molar-refractivity contribution in [1.82, 2.24) is 4.98 Å². The van der Waals surface area contributed by atoms with Gasteiger partial charge in [0.05, 0.1) is 5.69 Å². The van der Waals surface area contributed by atoms with Gasteiger partial charge in [0.2, 0.25) is 0 Å². The fourth-order valence-electron chi connectivity index (χ4n) is 1.40. The van der Waals surface area contributed by atoms with Crippen molar-refractivity contribution in [1.29, 1.82) is 0 Å². The third-order valence-electron chi connectivity index (χ3n) is 2.21. The van der Waals surface area contributed by atoms with E-state index in [9.17, 15) is 18.0 Å². The number of nitrogens with two attached hydrogens (primary N) is 2. The largest absolute Gasteiger partial charge is 0.405 e. The summed E-state index contributed by atoms with van der Waals surface area (Å²) in [6, 6.07) is 2.57. The van der Waals surface area contributed by atoms with E-state index in [1.165, 1.54) is 19.1 Å². The Morgan fingerprint density at radius 2 is 2.06 bits per heavy atom. The Morgan fingerprint density at radius 1 is 1.44 bits per heavy atom. The number of nitrogens with zero attached hydrogens (tertiary/aromatic N) is 2. The summed E-state index contributed by atoms with van der Waals surface area (Å²) in [6.45, 7) is 0.394. The summed E-state index contributed by atoms with van der Waals surface area (Å²) in [7, 11) is 0. The number of anilines is 2. The lowest BCUT2D eigenvalue weighted by Crippen LogP contribution is -2.35. The van der Waals surface area contributed by atoms with E-state index in [0.29, 0.717) is 0 Å². The number of hydrogen-bond donors (Lipinski definition) is 2. The van der Waals surface area contributed by atoms with Gasteiger partial charge in [0, 0.05) is 6.54 Å². The maximum absolute atomic E-state index is 12.4. The van der Waals surface area contributed by atoms with Gasteiger partial charge in [-0.2, -0.15) is 13.2 Å². The molecule has 4 N–H and O–H groups in total. The van der Waals surface area contributed by atoms with Gasteiger partial charge in [0.1, 0.15) is 12.2 Å². The molecule has 0 saturated heterocycles. The van der Waals surface area contributed by atoms with Crippen molar-refractivity contribution >= 4 is 17.4 Å². The van der Waals surface area contributed by atoms with Crippen molar-refractivity contribution in [3.8, 4) is 0 Å². The van der Waals surface area contributed by atoms with Crippen LogP contribution in [0.4, 0.5) is 24.7 Å². The number of primary amides is 1. The lowest BCUT2D eigenvalue weighted by Gasteiger charge is -2.24. The Balaban J connectivity index is 3.12. The summed E-state index contributed by atoms with van der Waals surface area (Å²) < 4.78 is 37.1. The van der Waals surface area contributed by atoms with Crippen molar-refractivity contribution in [3.63, 3.8) is 0 Å². The minimum absolute atomic E-state index is 0.0545. The Labute approximate surface area is 102 Å². The van der Waals surface area contributed by atoms with E-state index in [1.807, 2.05) is 0 Å². The van der Waals surface area contributed by atoms with Crippen LogP contribution in [-0.2, 0) is 0 Å². The predicted octanol–water partition coefficient (Wildman–Crippen LogP) is 1.15. The van der Waals surface area contributed by atoms with Crippen molar-refractivity contribution in [2.45, 2.75) is 13.1 Å². The molecule has 0 aliphatic heterocycles. The second-order valence-corrected chi connectivity index (χ2v) is 3.60. The fourth-order valence-corrected chi connectivity index (χ4v) is 1.40. The zero-order valence-electron chi connectivity index (χ0n) is 9.66. The quantitative estimate of drug-likeness (QED) is 0.852. The molecule has 0 aliphatic carbocycles. The lowest BCUT2D eigenvalue weighted by atomic mass is 10.3. The van der Waals surface area contributed by atoms with Crippen LogP contribution in [0.2, 0.25) is 0 Å².